The van der Waals surface area contributed by atoms with Gasteiger partial charge in [-0.15, -0.1) is 0 Å². The predicted molar refractivity (Wildman–Crippen MR) is 81.0 cm³/mol. The Hall–Kier alpha value is -0.980. The second kappa shape index (κ2) is 6.42. The van der Waals surface area contributed by atoms with Gasteiger partial charge in [-0.05, 0) is 59.3 Å². The molecular formula is C15H27N5O. The lowest BCUT2D eigenvalue weighted by atomic mass is 9.86. The molecular weight excluding hydrogens is 266 g/mol. The van der Waals surface area contributed by atoms with Crippen molar-refractivity contribution in [1.82, 2.24) is 19.9 Å². The van der Waals surface area contributed by atoms with Gasteiger partial charge in [0.25, 0.3) is 0 Å². The molecule has 0 radical (unpaired) electrons. The zero-order chi connectivity index (χ0) is 14.8. The fourth-order valence-electron chi connectivity index (χ4n) is 3.47. The molecule has 0 bridgehead atoms. The van der Waals surface area contributed by atoms with E-state index in [0.717, 1.165) is 57.0 Å². The second-order valence-corrected chi connectivity index (χ2v) is 6.71. The predicted octanol–water partition coefficient (Wildman–Crippen LogP) is 1.36. The number of hydrogen-bond donors (Lipinski definition) is 1. The molecule has 1 saturated heterocycles. The van der Waals surface area contributed by atoms with E-state index in [4.69, 9.17) is 15.2 Å². The fourth-order valence-corrected chi connectivity index (χ4v) is 3.47. The molecule has 0 amide bonds. The third kappa shape index (κ3) is 3.44. The van der Waals surface area contributed by atoms with Gasteiger partial charge in [-0.2, -0.15) is 4.98 Å². The highest BCUT2D eigenvalue weighted by Crippen LogP contribution is 2.32. The van der Waals surface area contributed by atoms with E-state index >= 15 is 0 Å². The second-order valence-electron chi connectivity index (χ2n) is 6.71. The standard InChI is InChI=1S/C15H27N5O/c1-19-8-3-9-20(2)13(10-19)14-17-15(21-18-14)11-4-6-12(16)7-5-11/h11-13H,3-10,16H2,1-2H3. The minimum Gasteiger partial charge on any atom is -0.339 e. The van der Waals surface area contributed by atoms with Gasteiger partial charge in [0, 0.05) is 18.5 Å². The Kier molecular flexibility index (Phi) is 4.57. The summed E-state index contributed by atoms with van der Waals surface area (Å²) in [6.45, 7) is 3.17. The van der Waals surface area contributed by atoms with Crippen molar-refractivity contribution in [3.05, 3.63) is 11.7 Å². The van der Waals surface area contributed by atoms with Gasteiger partial charge < -0.3 is 15.2 Å². The van der Waals surface area contributed by atoms with Crippen LogP contribution < -0.4 is 5.73 Å². The van der Waals surface area contributed by atoms with Gasteiger partial charge in [0.1, 0.15) is 0 Å². The highest BCUT2D eigenvalue weighted by molar-refractivity contribution is 5.01. The van der Waals surface area contributed by atoms with Crippen molar-refractivity contribution in [2.75, 3.05) is 33.7 Å². The first-order valence-corrected chi connectivity index (χ1v) is 8.11. The molecule has 21 heavy (non-hydrogen) atoms. The molecule has 2 fully saturated rings. The molecule has 0 spiro atoms. The Balaban J connectivity index is 1.71. The molecule has 3 rings (SSSR count). The lowest BCUT2D eigenvalue weighted by Gasteiger charge is -2.24. The summed E-state index contributed by atoms with van der Waals surface area (Å²) in [7, 11) is 4.31. The maximum atomic E-state index is 5.97. The Morgan fingerprint density at radius 3 is 2.67 bits per heavy atom. The highest BCUT2D eigenvalue weighted by atomic mass is 16.5. The van der Waals surface area contributed by atoms with E-state index in [1.165, 1.54) is 6.42 Å². The van der Waals surface area contributed by atoms with E-state index in [1.54, 1.807) is 0 Å². The van der Waals surface area contributed by atoms with Crippen LogP contribution in [0.15, 0.2) is 4.52 Å². The number of aromatic nitrogens is 2. The van der Waals surface area contributed by atoms with Gasteiger partial charge in [-0.3, -0.25) is 4.90 Å². The van der Waals surface area contributed by atoms with Crippen molar-refractivity contribution in [3.63, 3.8) is 0 Å². The van der Waals surface area contributed by atoms with E-state index in [2.05, 4.69) is 29.1 Å². The number of likely N-dealkylation sites (N-methyl/N-ethyl adjacent to an activating group) is 2. The largest absolute Gasteiger partial charge is 0.339 e. The summed E-state index contributed by atoms with van der Waals surface area (Å²) < 4.78 is 5.57. The summed E-state index contributed by atoms with van der Waals surface area (Å²) in [5, 5.41) is 4.27. The van der Waals surface area contributed by atoms with Crippen LogP contribution in [0.2, 0.25) is 0 Å². The molecule has 6 heteroatoms. The topological polar surface area (TPSA) is 71.4 Å². The number of nitrogens with two attached hydrogens (primary N) is 1. The normalized spacial score (nSPS) is 33.0. The van der Waals surface area contributed by atoms with Crippen LogP contribution in [0.4, 0.5) is 0 Å². The van der Waals surface area contributed by atoms with Crippen molar-refractivity contribution in [2.45, 2.75) is 50.1 Å². The first kappa shape index (κ1) is 14.9. The molecule has 1 aliphatic carbocycles. The molecule has 2 aliphatic rings. The van der Waals surface area contributed by atoms with E-state index in [9.17, 15) is 0 Å². The molecule has 1 aliphatic heterocycles. The van der Waals surface area contributed by atoms with Crippen molar-refractivity contribution < 1.29 is 4.52 Å². The van der Waals surface area contributed by atoms with Crippen molar-refractivity contribution >= 4 is 0 Å². The minimum atomic E-state index is 0.237. The number of rotatable bonds is 2. The molecule has 2 N–H and O–H groups in total. The molecule has 118 valence electrons. The molecule has 1 saturated carbocycles. The lowest BCUT2D eigenvalue weighted by molar-refractivity contribution is 0.214. The van der Waals surface area contributed by atoms with Gasteiger partial charge in [0.2, 0.25) is 5.89 Å². The van der Waals surface area contributed by atoms with Gasteiger partial charge in [0.05, 0.1) is 6.04 Å². The smallest absolute Gasteiger partial charge is 0.229 e. The summed E-state index contributed by atoms with van der Waals surface area (Å²) in [5.41, 5.74) is 5.97. The molecule has 1 aromatic rings. The molecule has 1 aromatic heterocycles. The maximum Gasteiger partial charge on any atom is 0.229 e. The van der Waals surface area contributed by atoms with Crippen LogP contribution in [-0.2, 0) is 0 Å². The summed E-state index contributed by atoms with van der Waals surface area (Å²) in [5.74, 6) is 2.06. The summed E-state index contributed by atoms with van der Waals surface area (Å²) in [6, 6.07) is 0.589. The lowest BCUT2D eigenvalue weighted by Crippen LogP contribution is -2.31. The zero-order valence-electron chi connectivity index (χ0n) is 13.2. The fraction of sp³-hybridized carbons (Fsp3) is 0.867. The Morgan fingerprint density at radius 2 is 1.90 bits per heavy atom. The summed E-state index contributed by atoms with van der Waals surface area (Å²) in [6.07, 6.45) is 5.46. The molecule has 1 atom stereocenters. The molecule has 6 nitrogen and oxygen atoms in total. The van der Waals surface area contributed by atoms with Crippen LogP contribution in [0, 0.1) is 0 Å². The van der Waals surface area contributed by atoms with Crippen molar-refractivity contribution in [2.24, 2.45) is 5.73 Å². The Morgan fingerprint density at radius 1 is 1.14 bits per heavy atom. The highest BCUT2D eigenvalue weighted by Gasteiger charge is 2.29. The monoisotopic (exact) mass is 293 g/mol. The van der Waals surface area contributed by atoms with Crippen LogP contribution in [0.1, 0.15) is 55.8 Å². The number of nitrogens with zero attached hydrogens (tertiary/aromatic N) is 4. The Labute approximate surface area is 126 Å². The molecule has 1 unspecified atom stereocenters. The first-order chi connectivity index (χ1) is 10.1. The minimum absolute atomic E-state index is 0.237. The van der Waals surface area contributed by atoms with Crippen LogP contribution in [0.3, 0.4) is 0 Å². The van der Waals surface area contributed by atoms with Gasteiger partial charge in [-0.1, -0.05) is 5.16 Å². The van der Waals surface area contributed by atoms with Crippen molar-refractivity contribution in [1.29, 1.82) is 0 Å². The SMILES string of the molecule is CN1CCCN(C)C(c2noc(C3CCC(N)CC3)n2)C1. The van der Waals surface area contributed by atoms with Gasteiger partial charge in [-0.25, -0.2) is 0 Å². The molecule has 0 aromatic carbocycles. The van der Waals surface area contributed by atoms with Crippen LogP contribution in [-0.4, -0.2) is 59.7 Å². The first-order valence-electron chi connectivity index (χ1n) is 8.11. The molecule has 2 heterocycles. The van der Waals surface area contributed by atoms with E-state index in [0.29, 0.717) is 12.0 Å². The summed E-state index contributed by atoms with van der Waals surface area (Å²) in [4.78, 5) is 9.42. The average molecular weight is 293 g/mol. The van der Waals surface area contributed by atoms with Gasteiger partial charge in [0.15, 0.2) is 5.82 Å². The van der Waals surface area contributed by atoms with E-state index in [-0.39, 0.29) is 6.04 Å². The maximum absolute atomic E-state index is 5.97. The van der Waals surface area contributed by atoms with E-state index < -0.39 is 0 Å². The average Bonchev–Trinajstić information content (AvgIpc) is 2.88. The zero-order valence-corrected chi connectivity index (χ0v) is 13.2. The van der Waals surface area contributed by atoms with Gasteiger partial charge >= 0.3 is 0 Å². The van der Waals surface area contributed by atoms with Crippen LogP contribution in [0.25, 0.3) is 0 Å². The Bertz CT molecular complexity index is 455. The quantitative estimate of drug-likeness (QED) is 0.888. The number of hydrogen-bond acceptors (Lipinski definition) is 6. The summed E-state index contributed by atoms with van der Waals surface area (Å²) >= 11 is 0. The van der Waals surface area contributed by atoms with Crippen LogP contribution in [0.5, 0.6) is 0 Å². The van der Waals surface area contributed by atoms with E-state index in [1.807, 2.05) is 0 Å². The van der Waals surface area contributed by atoms with Crippen molar-refractivity contribution in [3.8, 4) is 0 Å². The third-order valence-electron chi connectivity index (χ3n) is 4.94. The third-order valence-corrected chi connectivity index (χ3v) is 4.94. The van der Waals surface area contributed by atoms with Crippen LogP contribution >= 0.6 is 0 Å².